The first-order valence-corrected chi connectivity index (χ1v) is 7.55. The summed E-state index contributed by atoms with van der Waals surface area (Å²) in [5.41, 5.74) is 5.84. The quantitative estimate of drug-likeness (QED) is 0.826. The summed E-state index contributed by atoms with van der Waals surface area (Å²) >= 11 is 1.63. The minimum absolute atomic E-state index is 0.196. The predicted molar refractivity (Wildman–Crippen MR) is 81.6 cm³/mol. The Hall–Kier alpha value is -1.31. The van der Waals surface area contributed by atoms with E-state index in [1.165, 1.54) is 22.3 Å². The molecule has 2 N–H and O–H groups in total. The Morgan fingerprint density at radius 3 is 2.33 bits per heavy atom. The van der Waals surface area contributed by atoms with Crippen LogP contribution in [0.2, 0.25) is 0 Å². The minimum atomic E-state index is -0.258. The van der Waals surface area contributed by atoms with E-state index >= 15 is 0 Å². The lowest BCUT2D eigenvalue weighted by Gasteiger charge is -2.08. The van der Waals surface area contributed by atoms with Crippen LogP contribution in [-0.4, -0.2) is 27.4 Å². The van der Waals surface area contributed by atoms with E-state index < -0.39 is 0 Å². The van der Waals surface area contributed by atoms with E-state index in [-0.39, 0.29) is 12.0 Å². The molecule has 21 heavy (non-hydrogen) atoms. The van der Waals surface area contributed by atoms with Gasteiger partial charge in [0, 0.05) is 16.9 Å². The second-order valence-electron chi connectivity index (χ2n) is 5.14. The molecule has 0 aliphatic heterocycles. The molecule has 0 saturated heterocycles. The van der Waals surface area contributed by atoms with E-state index in [9.17, 15) is 0 Å². The summed E-state index contributed by atoms with van der Waals surface area (Å²) in [4.78, 5) is 10.3. The third-order valence-corrected chi connectivity index (χ3v) is 4.55. The fourth-order valence-electron chi connectivity index (χ4n) is 2.50. The molecule has 0 bridgehead atoms. The molecule has 1 heterocycles. The van der Waals surface area contributed by atoms with Crippen LogP contribution in [0, 0.1) is 27.7 Å². The maximum absolute atomic E-state index is 8.54. The van der Waals surface area contributed by atoms with Gasteiger partial charge in [0.2, 0.25) is 0 Å². The molecule has 0 saturated carbocycles. The zero-order valence-electron chi connectivity index (χ0n) is 12.7. The lowest BCUT2D eigenvalue weighted by molar-refractivity contribution is -0.492. The molecule has 0 atom stereocenters. The summed E-state index contributed by atoms with van der Waals surface area (Å²) < 4.78 is 0. The van der Waals surface area contributed by atoms with Crippen molar-refractivity contribution in [2.24, 2.45) is 0 Å². The fourth-order valence-corrected chi connectivity index (χ4v) is 3.72. The highest BCUT2D eigenvalue weighted by Gasteiger charge is 2.14. The normalized spacial score (nSPS) is 11.4. The highest BCUT2D eigenvalue weighted by atomic mass is 32.1. The van der Waals surface area contributed by atoms with Crippen molar-refractivity contribution in [3.8, 4) is 10.6 Å². The van der Waals surface area contributed by atoms with Gasteiger partial charge in [0.05, 0.1) is 17.7 Å². The average molecular weight is 308 g/mol. The molecule has 1 aromatic heterocycles. The molecule has 5 nitrogen and oxygen atoms in total. The molecule has 0 fully saturated rings. The van der Waals surface area contributed by atoms with Gasteiger partial charge in [-0.3, -0.25) is 15.3 Å². The summed E-state index contributed by atoms with van der Waals surface area (Å²) in [6, 6.07) is 4.33. The van der Waals surface area contributed by atoms with Crippen LogP contribution in [0.4, 0.5) is 0 Å². The van der Waals surface area contributed by atoms with Crippen molar-refractivity contribution in [3.05, 3.63) is 39.4 Å². The highest BCUT2D eigenvalue weighted by Crippen LogP contribution is 2.33. The molecule has 2 aromatic rings. The Morgan fingerprint density at radius 2 is 1.76 bits per heavy atom. The van der Waals surface area contributed by atoms with Crippen molar-refractivity contribution in [1.29, 1.82) is 0 Å². The molecular weight excluding hydrogens is 288 g/mol. The highest BCUT2D eigenvalue weighted by molar-refractivity contribution is 7.15. The Balaban J connectivity index is 2.26. The molecule has 0 spiro atoms. The molecule has 0 amide bonds. The summed E-state index contributed by atoms with van der Waals surface area (Å²) in [6.07, 6.45) is 0.588. The van der Waals surface area contributed by atoms with Crippen LogP contribution in [0.1, 0.15) is 27.3 Å². The molecule has 114 valence electrons. The number of rotatable bonds is 5. The molecule has 0 aliphatic rings. The molecule has 0 unspecified atom stereocenters. The van der Waals surface area contributed by atoms with Gasteiger partial charge in [-0.25, -0.2) is 4.98 Å². The number of hydrogen-bond acceptors (Lipinski definition) is 6. The number of aryl methyl sites for hydroxylation is 4. The monoisotopic (exact) mass is 308 g/mol. The smallest absolute Gasteiger partial charge is 0.124 e. The number of aromatic nitrogens is 1. The SMILES string of the molecule is Cc1cc(C)c(-c2nc(C)c(CCON(O)O)s2)c(C)c1. The maximum atomic E-state index is 8.54. The predicted octanol–water partition coefficient (Wildman–Crippen LogP) is 3.60. The van der Waals surface area contributed by atoms with Crippen molar-refractivity contribution in [2.75, 3.05) is 6.61 Å². The molecule has 1 aromatic carbocycles. The van der Waals surface area contributed by atoms with Gasteiger partial charge in [0.25, 0.3) is 0 Å². The van der Waals surface area contributed by atoms with E-state index in [0.717, 1.165) is 15.6 Å². The second kappa shape index (κ2) is 6.64. The Kier molecular flexibility index (Phi) is 5.08. The zero-order chi connectivity index (χ0) is 15.6. The number of hydrogen-bond donors (Lipinski definition) is 2. The third kappa shape index (κ3) is 3.87. The van der Waals surface area contributed by atoms with E-state index in [1.807, 2.05) is 6.92 Å². The van der Waals surface area contributed by atoms with Crippen LogP contribution in [0.15, 0.2) is 12.1 Å². The van der Waals surface area contributed by atoms with Crippen LogP contribution >= 0.6 is 11.3 Å². The van der Waals surface area contributed by atoms with Gasteiger partial charge in [-0.15, -0.1) is 11.3 Å². The van der Waals surface area contributed by atoms with Crippen molar-refractivity contribution < 1.29 is 15.3 Å². The van der Waals surface area contributed by atoms with Crippen molar-refractivity contribution in [1.82, 2.24) is 10.4 Å². The third-order valence-electron chi connectivity index (χ3n) is 3.32. The largest absolute Gasteiger partial charge is 0.266 e. The first-order chi connectivity index (χ1) is 9.88. The Labute approximate surface area is 128 Å². The molecule has 0 radical (unpaired) electrons. The summed E-state index contributed by atoms with van der Waals surface area (Å²) in [5.74, 6) is 0. The van der Waals surface area contributed by atoms with E-state index in [2.05, 4.69) is 42.7 Å². The standard InChI is InChI=1S/C15H20N2O3S/c1-9-7-10(2)14(11(3)8-9)15-16-12(4)13(21-15)5-6-20-17(18)19/h7-8,18-19H,5-6H2,1-4H3. The van der Waals surface area contributed by atoms with Gasteiger partial charge < -0.3 is 0 Å². The van der Waals surface area contributed by atoms with Gasteiger partial charge in [0.1, 0.15) is 5.01 Å². The first-order valence-electron chi connectivity index (χ1n) is 6.73. The van der Waals surface area contributed by atoms with Gasteiger partial charge in [0.15, 0.2) is 0 Å². The summed E-state index contributed by atoms with van der Waals surface area (Å²) in [5, 5.41) is 17.8. The number of nitrogens with zero attached hydrogens (tertiary/aromatic N) is 2. The first kappa shape index (κ1) is 16.1. The van der Waals surface area contributed by atoms with E-state index in [0.29, 0.717) is 6.42 Å². The average Bonchev–Trinajstić information content (AvgIpc) is 2.68. The molecular formula is C15H20N2O3S. The number of benzene rings is 1. The van der Waals surface area contributed by atoms with Gasteiger partial charge >= 0.3 is 0 Å². The number of thiazole rings is 1. The van der Waals surface area contributed by atoms with Gasteiger partial charge in [-0.05, 0) is 38.8 Å². The van der Waals surface area contributed by atoms with Gasteiger partial charge in [-0.2, -0.15) is 0 Å². The molecule has 6 heteroatoms. The van der Waals surface area contributed by atoms with Crippen molar-refractivity contribution in [3.63, 3.8) is 0 Å². The Morgan fingerprint density at radius 1 is 1.14 bits per heavy atom. The second-order valence-corrected chi connectivity index (χ2v) is 6.22. The van der Waals surface area contributed by atoms with Crippen molar-refractivity contribution >= 4 is 11.3 Å². The molecule has 0 aliphatic carbocycles. The van der Waals surface area contributed by atoms with Crippen LogP contribution in [0.5, 0.6) is 0 Å². The summed E-state index contributed by atoms with van der Waals surface area (Å²) in [6.45, 7) is 8.45. The van der Waals surface area contributed by atoms with Crippen molar-refractivity contribution in [2.45, 2.75) is 34.1 Å². The lowest BCUT2D eigenvalue weighted by Crippen LogP contribution is -2.16. The van der Waals surface area contributed by atoms with E-state index in [1.54, 1.807) is 11.3 Å². The van der Waals surface area contributed by atoms with E-state index in [4.69, 9.17) is 10.4 Å². The topological polar surface area (TPSA) is 65.8 Å². The van der Waals surface area contributed by atoms with Crippen LogP contribution in [0.3, 0.4) is 0 Å². The van der Waals surface area contributed by atoms with Crippen LogP contribution in [-0.2, 0) is 11.3 Å². The molecule has 2 rings (SSSR count). The van der Waals surface area contributed by atoms with Crippen LogP contribution in [0.25, 0.3) is 10.6 Å². The zero-order valence-corrected chi connectivity index (χ0v) is 13.5. The fraction of sp³-hybridized carbons (Fsp3) is 0.400. The minimum Gasteiger partial charge on any atom is -0.266 e. The Bertz CT molecular complexity index is 615. The van der Waals surface area contributed by atoms with Crippen LogP contribution < -0.4 is 0 Å². The maximum Gasteiger partial charge on any atom is 0.124 e. The summed E-state index contributed by atoms with van der Waals surface area (Å²) in [7, 11) is 0. The van der Waals surface area contributed by atoms with Gasteiger partial charge in [-0.1, -0.05) is 17.7 Å². The lowest BCUT2D eigenvalue weighted by atomic mass is 10.0.